The summed E-state index contributed by atoms with van der Waals surface area (Å²) in [7, 11) is 0. The van der Waals surface area contributed by atoms with Crippen molar-refractivity contribution in [3.8, 4) is 0 Å². The van der Waals surface area contributed by atoms with E-state index in [2.05, 4.69) is 72.5 Å². The lowest BCUT2D eigenvalue weighted by Crippen LogP contribution is -2.18. The minimum absolute atomic E-state index is 0. The molecule has 8 rings (SSSR count). The molecule has 0 amide bonds. The summed E-state index contributed by atoms with van der Waals surface area (Å²) in [4.78, 5) is 59.7. The molecular weight excluding hydrogens is 1060 g/mol. The monoisotopic (exact) mass is 1130 g/mol. The molecule has 8 aromatic heterocycles. The summed E-state index contributed by atoms with van der Waals surface area (Å²) in [5, 5.41) is 14.4. The first-order valence-corrected chi connectivity index (χ1v) is 27.2. The molecule has 0 unspecified atom stereocenters. The number of nitrogens with one attached hydrogen (secondary N) is 1. The van der Waals surface area contributed by atoms with Crippen molar-refractivity contribution >= 4 is 116 Å². The van der Waals surface area contributed by atoms with Crippen LogP contribution in [0.15, 0.2) is 98.1 Å². The van der Waals surface area contributed by atoms with E-state index in [4.69, 9.17) is 27.2 Å². The molecule has 0 saturated heterocycles. The summed E-state index contributed by atoms with van der Waals surface area (Å²) in [6.45, 7) is 11.1. The summed E-state index contributed by atoms with van der Waals surface area (Å²) < 4.78 is 21.9. The lowest BCUT2D eigenvalue weighted by Gasteiger charge is -2.21. The second-order valence-electron chi connectivity index (χ2n) is 15.7. The summed E-state index contributed by atoms with van der Waals surface area (Å²) >= 11 is 10.8. The molecular formula is C50H67BClN16O4S4. The van der Waals surface area contributed by atoms with Crippen molar-refractivity contribution < 1.29 is 19.4 Å². The third-order valence-electron chi connectivity index (χ3n) is 9.62. The van der Waals surface area contributed by atoms with Crippen LogP contribution in [0.3, 0.4) is 0 Å². The number of nitrogens with zero attached hydrogens (tertiary/aromatic N) is 14. The van der Waals surface area contributed by atoms with Crippen LogP contribution in [0.2, 0.25) is 4.47 Å². The first-order valence-electron chi connectivity index (χ1n) is 23.8. The molecule has 8 heterocycles. The van der Waals surface area contributed by atoms with Crippen LogP contribution < -0.4 is 20.9 Å². The average Bonchev–Trinajstić information content (AvgIpc) is 4.24. The normalized spacial score (nSPS) is 9.93. The third kappa shape index (κ3) is 27.3. The number of pyridine rings is 4. The highest BCUT2D eigenvalue weighted by atomic mass is 35.5. The van der Waals surface area contributed by atoms with Gasteiger partial charge in [0.05, 0.1) is 47.9 Å². The highest BCUT2D eigenvalue weighted by Gasteiger charge is 2.15. The second-order valence-corrected chi connectivity index (χ2v) is 19.2. The maximum Gasteiger partial charge on any atom is 0.305 e. The Morgan fingerprint density at radius 1 is 0.618 bits per heavy atom. The number of carbonyl (C=O) groups is 2. The quantitative estimate of drug-likeness (QED) is 0.0323. The van der Waals surface area contributed by atoms with Crippen molar-refractivity contribution in [3.05, 3.63) is 126 Å². The van der Waals surface area contributed by atoms with Gasteiger partial charge in [-0.15, -0.1) is 0 Å². The van der Waals surface area contributed by atoms with Crippen molar-refractivity contribution in [2.45, 2.75) is 106 Å². The lowest BCUT2D eigenvalue weighted by molar-refractivity contribution is -0.143. The summed E-state index contributed by atoms with van der Waals surface area (Å²) in [5.41, 5.74) is 8.98. The van der Waals surface area contributed by atoms with Gasteiger partial charge in [-0.3, -0.25) is 29.5 Å². The number of aliphatic hydroxyl groups excluding tert-OH is 1. The predicted molar refractivity (Wildman–Crippen MR) is 310 cm³/mol. The topological polar surface area (TPSA) is 263 Å². The van der Waals surface area contributed by atoms with Gasteiger partial charge in [0.15, 0.2) is 5.78 Å². The maximum atomic E-state index is 11.3. The zero-order chi connectivity index (χ0) is 53.2. The zero-order valence-corrected chi connectivity index (χ0v) is 46.8. The Morgan fingerprint density at radius 3 is 1.46 bits per heavy atom. The van der Waals surface area contributed by atoms with Crippen molar-refractivity contribution in [1.82, 2.24) is 57.4 Å². The SMILES string of the molecule is C.CCOC(=O)CCCCCCN(c1cccnc1)c1nc(C)ns1.Cc1nsc(Cl)n1.Cc1nsc(N(CCCCCCC(=O)CO)c2cccnc2)n1.Cc1nsc(Nc2cccnc2)n1.Nc1cccnc1.[B]. The summed E-state index contributed by atoms with van der Waals surface area (Å²) in [6.07, 6.45) is 22.8. The molecule has 0 spiro atoms. The summed E-state index contributed by atoms with van der Waals surface area (Å²) in [5.74, 6) is 2.93. The van der Waals surface area contributed by atoms with Gasteiger partial charge >= 0.3 is 5.97 Å². The standard InChI is InChI=1S/C17H24N4O2S.C16H22N4O2S.C8H8N4S.C5H6N2.C3H3ClN2S.CH4.B/c1-3-23-16(22)10-6-4-5-7-12-21(15-9-8-11-18-13-15)17-19-14(2)20-24-17;1-13-18-16(23-19-13)20(14-7-6-9-17-11-14)10-5-3-2-4-8-15(22)12-21;1-6-10-8(13-12-6)11-7-3-2-4-9-5-7;6-5-2-1-3-7-4-5;1-2-5-3(4)7-6-2;;/h8-9,11,13H,3-7,10,12H2,1-2H3;6-7,9,11,21H,2-5,8,10,12H2,1H3;2-5H,1H3,(H,10,11,12);1-4H,6H2;1H3;1H4;. The van der Waals surface area contributed by atoms with Gasteiger partial charge in [0.1, 0.15) is 29.9 Å². The molecule has 405 valence electrons. The van der Waals surface area contributed by atoms with Crippen molar-refractivity contribution in [3.63, 3.8) is 0 Å². The molecule has 20 nitrogen and oxygen atoms in total. The Hall–Kier alpha value is -6.51. The molecule has 0 aliphatic carbocycles. The molecule has 0 aromatic carbocycles. The van der Waals surface area contributed by atoms with E-state index in [-0.39, 0.29) is 34.2 Å². The number of esters is 1. The van der Waals surface area contributed by atoms with Crippen LogP contribution in [0.1, 0.15) is 102 Å². The largest absolute Gasteiger partial charge is 0.466 e. The van der Waals surface area contributed by atoms with Gasteiger partial charge in [0.2, 0.25) is 19.9 Å². The molecule has 26 heteroatoms. The number of nitrogen functional groups attached to an aromatic ring is 1. The van der Waals surface area contributed by atoms with Crippen LogP contribution in [0.4, 0.5) is 38.1 Å². The van der Waals surface area contributed by atoms with Gasteiger partial charge in [-0.05, 0) is 132 Å². The Balaban J connectivity index is 0.000000349. The minimum atomic E-state index is -0.342. The number of aliphatic hydroxyl groups is 1. The second kappa shape index (κ2) is 39.0. The number of ether oxygens (including phenoxy) is 1. The molecule has 0 atom stereocenters. The third-order valence-corrected chi connectivity index (χ3v) is 12.9. The fraction of sp³-hybridized carbons (Fsp3) is 0.400. The van der Waals surface area contributed by atoms with E-state index >= 15 is 0 Å². The smallest absolute Gasteiger partial charge is 0.305 e. The number of halogens is 1. The zero-order valence-electron chi connectivity index (χ0n) is 42.7. The lowest BCUT2D eigenvalue weighted by atomic mass is 10.1. The molecule has 76 heavy (non-hydrogen) atoms. The number of hydrogen-bond acceptors (Lipinski definition) is 24. The molecule has 0 bridgehead atoms. The number of unbranched alkanes of at least 4 members (excludes halogenated alkanes) is 6. The number of aromatic nitrogens is 12. The minimum Gasteiger partial charge on any atom is -0.466 e. The van der Waals surface area contributed by atoms with Gasteiger partial charge in [-0.2, -0.15) is 17.5 Å². The summed E-state index contributed by atoms with van der Waals surface area (Å²) in [6, 6.07) is 15.3. The van der Waals surface area contributed by atoms with E-state index in [1.165, 1.54) is 46.1 Å². The number of rotatable bonds is 22. The van der Waals surface area contributed by atoms with Crippen molar-refractivity contribution in [1.29, 1.82) is 0 Å². The van der Waals surface area contributed by atoms with E-state index in [1.807, 2.05) is 83.4 Å². The van der Waals surface area contributed by atoms with Crippen molar-refractivity contribution in [2.75, 3.05) is 47.2 Å². The first kappa shape index (κ1) is 65.6. The molecule has 8 aromatic rings. The van der Waals surface area contributed by atoms with Crippen LogP contribution >= 0.6 is 57.7 Å². The molecule has 4 N–H and O–H groups in total. The number of Topliss-reactive ketones (excluding diaryl/α,β-unsaturated/α-hetero) is 1. The van der Waals surface area contributed by atoms with Gasteiger partial charge in [-0.25, -0.2) is 19.9 Å². The van der Waals surface area contributed by atoms with Crippen LogP contribution in [-0.2, 0) is 14.3 Å². The number of ketones is 1. The number of aryl methyl sites for hydroxylation is 4. The fourth-order valence-corrected chi connectivity index (χ4v) is 8.88. The number of nitrogens with two attached hydrogens (primary N) is 1. The Bertz CT molecular complexity index is 2710. The highest BCUT2D eigenvalue weighted by molar-refractivity contribution is 7.10. The van der Waals surface area contributed by atoms with Gasteiger partial charge in [0, 0.05) is 99.9 Å². The first-order chi connectivity index (χ1) is 35.9. The van der Waals surface area contributed by atoms with E-state index in [0.29, 0.717) is 29.6 Å². The molecule has 0 aliphatic heterocycles. The van der Waals surface area contributed by atoms with E-state index in [0.717, 1.165) is 120 Å². The van der Waals surface area contributed by atoms with Gasteiger partial charge in [-0.1, -0.05) is 33.1 Å². The van der Waals surface area contributed by atoms with Crippen LogP contribution in [0, 0.1) is 27.7 Å². The highest BCUT2D eigenvalue weighted by Crippen LogP contribution is 2.28. The van der Waals surface area contributed by atoms with E-state index < -0.39 is 0 Å². The average molecular weight is 1130 g/mol. The molecule has 0 aliphatic rings. The Morgan fingerprint density at radius 2 is 1.09 bits per heavy atom. The molecule has 3 radical (unpaired) electrons. The van der Waals surface area contributed by atoms with Crippen LogP contribution in [-0.4, -0.2) is 109 Å². The van der Waals surface area contributed by atoms with Gasteiger partial charge < -0.3 is 30.7 Å². The fourth-order valence-electron chi connectivity index (χ4n) is 6.20. The number of anilines is 7. The van der Waals surface area contributed by atoms with E-state index in [1.54, 1.807) is 49.3 Å². The van der Waals surface area contributed by atoms with Gasteiger partial charge in [0.25, 0.3) is 0 Å². The Labute approximate surface area is 469 Å². The molecule has 0 saturated carbocycles. The number of hydrogen-bond donors (Lipinski definition) is 3. The predicted octanol–water partition coefficient (Wildman–Crippen LogP) is 11.2. The van der Waals surface area contributed by atoms with E-state index in [9.17, 15) is 9.59 Å². The van der Waals surface area contributed by atoms with Crippen LogP contribution in [0.5, 0.6) is 0 Å². The maximum absolute atomic E-state index is 11.3. The van der Waals surface area contributed by atoms with Crippen LogP contribution in [0.25, 0.3) is 0 Å². The Kier molecular flexibility index (Phi) is 33.6. The number of carbonyl (C=O) groups excluding carboxylic acids is 2. The van der Waals surface area contributed by atoms with Crippen molar-refractivity contribution in [2.24, 2.45) is 0 Å². The molecule has 0 fully saturated rings.